The molecule has 3 heterocycles. The summed E-state index contributed by atoms with van der Waals surface area (Å²) in [6.07, 6.45) is 0. The predicted octanol–water partition coefficient (Wildman–Crippen LogP) is 15.8. The summed E-state index contributed by atoms with van der Waals surface area (Å²) < 4.78 is 15.9. The van der Waals surface area contributed by atoms with Crippen molar-refractivity contribution in [2.24, 2.45) is 0 Å². The van der Waals surface area contributed by atoms with Gasteiger partial charge in [0.25, 0.3) is 0 Å². The number of nitriles is 2. The third-order valence-electron chi connectivity index (χ3n) is 13.0. The van der Waals surface area contributed by atoms with Gasteiger partial charge in [-0.3, -0.25) is 0 Å². The molecule has 7 nitrogen and oxygen atoms in total. The molecular formula is C59H39N5O2. The molecule has 0 saturated carbocycles. The number of ether oxygens (including phenoxy) is 2. The number of hydrogen-bond acceptors (Lipinski definition) is 6. The van der Waals surface area contributed by atoms with E-state index in [1.807, 2.05) is 121 Å². The zero-order chi connectivity index (χ0) is 44.5. The highest BCUT2D eigenvalue weighted by Gasteiger charge is 2.43. The molecule has 7 heteroatoms. The molecule has 0 radical (unpaired) electrons. The van der Waals surface area contributed by atoms with Crippen molar-refractivity contribution in [3.63, 3.8) is 0 Å². The van der Waals surface area contributed by atoms with Crippen molar-refractivity contribution < 1.29 is 9.47 Å². The van der Waals surface area contributed by atoms with E-state index in [9.17, 15) is 10.5 Å². The quantitative estimate of drug-likeness (QED) is 0.166. The number of anilines is 6. The molecule has 0 unspecified atom stereocenters. The lowest BCUT2D eigenvalue weighted by Gasteiger charge is -2.44. The minimum Gasteiger partial charge on any atom is -0.453 e. The second-order valence-corrected chi connectivity index (χ2v) is 17.0. The molecule has 10 aromatic rings. The first-order valence-corrected chi connectivity index (χ1v) is 22.0. The molecule has 0 N–H and O–H groups in total. The maximum atomic E-state index is 11.0. The normalized spacial score (nSPS) is 12.5. The van der Waals surface area contributed by atoms with Crippen molar-refractivity contribution in [3.05, 3.63) is 217 Å². The van der Waals surface area contributed by atoms with Crippen molar-refractivity contribution in [2.45, 2.75) is 19.4 Å². The number of para-hydroxylation sites is 10. The molecule has 312 valence electrons. The van der Waals surface area contributed by atoms with Gasteiger partial charge < -0.3 is 23.8 Å². The summed E-state index contributed by atoms with van der Waals surface area (Å²) in [6.45, 7) is 4.59. The number of aromatic nitrogens is 1. The topological polar surface area (TPSA) is 77.4 Å². The average molecular weight is 850 g/mol. The Hall–Kier alpha value is -9.04. The van der Waals surface area contributed by atoms with Crippen LogP contribution in [0.2, 0.25) is 0 Å². The minimum absolute atomic E-state index is 0.517. The molecule has 2 aliphatic rings. The zero-order valence-electron chi connectivity index (χ0n) is 36.1. The first-order valence-electron chi connectivity index (χ1n) is 22.0. The largest absolute Gasteiger partial charge is 0.453 e. The molecule has 0 spiro atoms. The Labute approximate surface area is 382 Å². The van der Waals surface area contributed by atoms with E-state index < -0.39 is 5.54 Å². The Morgan fingerprint density at radius 1 is 0.394 bits per heavy atom. The standard InChI is InChI=1S/C59H39N5O2/c1-59(2,64-46-25-9-7-23-42(46)43-24-8-10-26-47(43)64)56-57(62-48-27-11-15-31-52(48)65-53-32-16-12-28-49(53)62)44(40-21-5-3-19-38(40)36-60)35-45(41-22-6-4-20-39(41)37-61)58(56)63-50-29-13-17-33-54(50)66-55-34-18-14-30-51(55)63/h3-35H,1-2H3. The Kier molecular flexibility index (Phi) is 8.81. The molecule has 0 amide bonds. The van der Waals surface area contributed by atoms with Crippen LogP contribution in [0.3, 0.4) is 0 Å². The average Bonchev–Trinajstić information content (AvgIpc) is 3.72. The van der Waals surface area contributed by atoms with E-state index >= 15 is 0 Å². The van der Waals surface area contributed by atoms with Gasteiger partial charge in [0.05, 0.1) is 62.9 Å². The van der Waals surface area contributed by atoms with E-state index in [1.165, 1.54) is 0 Å². The number of hydrogen-bond donors (Lipinski definition) is 0. The maximum absolute atomic E-state index is 11.0. The number of benzene rings is 9. The molecule has 9 aromatic carbocycles. The number of nitrogens with zero attached hydrogens (tertiary/aromatic N) is 5. The lowest BCUT2D eigenvalue weighted by Crippen LogP contribution is -2.33. The molecule has 0 fully saturated rings. The molecule has 12 rings (SSSR count). The number of fused-ring (bicyclic) bond motifs is 7. The van der Waals surface area contributed by atoms with E-state index in [4.69, 9.17) is 9.47 Å². The van der Waals surface area contributed by atoms with Gasteiger partial charge in [0.1, 0.15) is 0 Å². The summed E-state index contributed by atoms with van der Waals surface area (Å²) in [7, 11) is 0. The second-order valence-electron chi connectivity index (χ2n) is 17.0. The van der Waals surface area contributed by atoms with Gasteiger partial charge in [-0.25, -0.2) is 0 Å². The van der Waals surface area contributed by atoms with Crippen LogP contribution in [0, 0.1) is 22.7 Å². The highest BCUT2D eigenvalue weighted by Crippen LogP contribution is 2.62. The Balaban J connectivity index is 1.38. The molecule has 0 bridgehead atoms. The third kappa shape index (κ3) is 5.74. The van der Waals surface area contributed by atoms with Crippen LogP contribution in [-0.4, -0.2) is 4.57 Å². The first-order chi connectivity index (χ1) is 32.5. The smallest absolute Gasteiger partial charge is 0.151 e. The maximum Gasteiger partial charge on any atom is 0.151 e. The SMILES string of the molecule is CC(C)(c1c(N2c3ccccc3Oc3ccccc32)c(-c2ccccc2C#N)cc(-c2ccccc2C#N)c1N1c2ccccc2Oc2ccccc21)n1c2ccccc2c2ccccc21. The molecular weight excluding hydrogens is 811 g/mol. The highest BCUT2D eigenvalue weighted by molar-refractivity contribution is 6.10. The minimum atomic E-state index is -0.925. The fourth-order valence-electron chi connectivity index (χ4n) is 10.3. The molecule has 0 aliphatic carbocycles. The molecule has 1 aromatic heterocycles. The Bertz CT molecular complexity index is 3380. The van der Waals surface area contributed by atoms with Gasteiger partial charge in [-0.1, -0.05) is 121 Å². The summed E-state index contributed by atoms with van der Waals surface area (Å²) in [5, 5.41) is 24.3. The van der Waals surface area contributed by atoms with Crippen molar-refractivity contribution in [1.29, 1.82) is 10.5 Å². The Morgan fingerprint density at radius 2 is 0.727 bits per heavy atom. The molecule has 2 aliphatic heterocycles. The van der Waals surface area contributed by atoms with Gasteiger partial charge in [-0.2, -0.15) is 10.5 Å². The van der Waals surface area contributed by atoms with Gasteiger partial charge >= 0.3 is 0 Å². The van der Waals surface area contributed by atoms with Gasteiger partial charge in [0.15, 0.2) is 23.0 Å². The van der Waals surface area contributed by atoms with E-state index in [-0.39, 0.29) is 0 Å². The van der Waals surface area contributed by atoms with Crippen molar-refractivity contribution in [1.82, 2.24) is 4.57 Å². The monoisotopic (exact) mass is 849 g/mol. The fraction of sp³-hybridized carbons (Fsp3) is 0.0508. The molecule has 0 saturated heterocycles. The zero-order valence-corrected chi connectivity index (χ0v) is 36.1. The van der Waals surface area contributed by atoms with Crippen LogP contribution >= 0.6 is 0 Å². The van der Waals surface area contributed by atoms with Crippen LogP contribution in [0.1, 0.15) is 30.5 Å². The van der Waals surface area contributed by atoms with Crippen molar-refractivity contribution in [3.8, 4) is 57.4 Å². The van der Waals surface area contributed by atoms with E-state index in [0.717, 1.165) is 83.7 Å². The first kappa shape index (κ1) is 38.6. The highest BCUT2D eigenvalue weighted by atomic mass is 16.5. The summed E-state index contributed by atoms with van der Waals surface area (Å²) in [5.41, 5.74) is 11.3. The second kappa shape index (κ2) is 15.1. The van der Waals surface area contributed by atoms with E-state index in [2.05, 4.69) is 119 Å². The van der Waals surface area contributed by atoms with Crippen molar-refractivity contribution >= 4 is 55.9 Å². The van der Waals surface area contributed by atoms with Gasteiger partial charge in [0.2, 0.25) is 0 Å². The lowest BCUT2D eigenvalue weighted by atomic mass is 9.80. The van der Waals surface area contributed by atoms with E-state index in [1.54, 1.807) is 0 Å². The number of rotatable bonds is 6. The molecule has 0 atom stereocenters. The van der Waals surface area contributed by atoms with Crippen LogP contribution in [0.4, 0.5) is 34.1 Å². The summed E-state index contributed by atoms with van der Waals surface area (Å²) in [5.74, 6) is 2.77. The van der Waals surface area contributed by atoms with Gasteiger partial charge in [-0.05, 0) is 92.7 Å². The fourth-order valence-corrected chi connectivity index (χ4v) is 10.3. The summed E-state index contributed by atoms with van der Waals surface area (Å²) in [6, 6.07) is 72.7. The van der Waals surface area contributed by atoms with Crippen LogP contribution in [0.5, 0.6) is 23.0 Å². The predicted molar refractivity (Wildman–Crippen MR) is 264 cm³/mol. The molecule has 66 heavy (non-hydrogen) atoms. The van der Waals surface area contributed by atoms with Crippen LogP contribution < -0.4 is 19.3 Å². The Morgan fingerprint density at radius 3 is 1.12 bits per heavy atom. The van der Waals surface area contributed by atoms with Gasteiger partial charge in [-0.15, -0.1) is 0 Å². The summed E-state index contributed by atoms with van der Waals surface area (Å²) >= 11 is 0. The van der Waals surface area contributed by atoms with E-state index in [0.29, 0.717) is 34.1 Å². The van der Waals surface area contributed by atoms with Crippen LogP contribution in [0.25, 0.3) is 44.1 Å². The summed E-state index contributed by atoms with van der Waals surface area (Å²) in [4.78, 5) is 4.65. The van der Waals surface area contributed by atoms with Crippen LogP contribution in [-0.2, 0) is 5.54 Å². The third-order valence-corrected chi connectivity index (χ3v) is 13.0. The van der Waals surface area contributed by atoms with Crippen molar-refractivity contribution in [2.75, 3.05) is 9.80 Å². The van der Waals surface area contributed by atoms with Gasteiger partial charge in [0, 0.05) is 49.6 Å². The lowest BCUT2D eigenvalue weighted by molar-refractivity contribution is 0.461. The van der Waals surface area contributed by atoms with Crippen LogP contribution in [0.15, 0.2) is 200 Å².